The number of phenols is 1. The lowest BCUT2D eigenvalue weighted by molar-refractivity contribution is -0.132. The lowest BCUT2D eigenvalue weighted by Gasteiger charge is -2.28. The molecule has 0 bridgehead atoms. The molecule has 5 rings (SSSR count). The van der Waals surface area contributed by atoms with Gasteiger partial charge in [0.05, 0.1) is 31.0 Å². The molecule has 38 heavy (non-hydrogen) atoms. The number of fused-ring (bicyclic) bond motifs is 1. The number of rotatable bonds is 5. The van der Waals surface area contributed by atoms with Crippen molar-refractivity contribution in [1.82, 2.24) is 0 Å². The highest BCUT2D eigenvalue weighted by Crippen LogP contribution is 2.45. The minimum Gasteiger partial charge on any atom is -0.507 e. The molecule has 2 aliphatic rings. The first-order valence-corrected chi connectivity index (χ1v) is 12.5. The highest BCUT2D eigenvalue weighted by Gasteiger charge is 2.47. The van der Waals surface area contributed by atoms with Crippen LogP contribution in [-0.2, 0) is 9.59 Å². The molecule has 1 atom stereocenters. The molecule has 1 saturated heterocycles. The van der Waals surface area contributed by atoms with Gasteiger partial charge in [0.25, 0.3) is 11.7 Å². The normalized spacial score (nSPS) is 18.5. The lowest BCUT2D eigenvalue weighted by Crippen LogP contribution is -2.29. The van der Waals surface area contributed by atoms with Gasteiger partial charge >= 0.3 is 0 Å². The van der Waals surface area contributed by atoms with Gasteiger partial charge in [-0.2, -0.15) is 0 Å². The Labute approximate surface area is 221 Å². The van der Waals surface area contributed by atoms with E-state index in [1.165, 1.54) is 18.1 Å². The van der Waals surface area contributed by atoms with Crippen LogP contribution in [0, 0.1) is 0 Å². The molecule has 8 nitrogen and oxygen atoms in total. The summed E-state index contributed by atoms with van der Waals surface area (Å²) in [4.78, 5) is 30.3. The molecule has 0 radical (unpaired) electrons. The van der Waals surface area contributed by atoms with E-state index in [1.807, 2.05) is 24.1 Å². The van der Waals surface area contributed by atoms with Crippen molar-refractivity contribution in [3.8, 4) is 17.2 Å². The fraction of sp³-hybridized carbons (Fsp3) is 0.267. The lowest BCUT2D eigenvalue weighted by atomic mass is 9.94. The topological polar surface area (TPSA) is 99.5 Å². The minimum atomic E-state index is -0.971. The van der Waals surface area contributed by atoms with Crippen LogP contribution in [-0.4, -0.2) is 49.2 Å². The zero-order valence-electron chi connectivity index (χ0n) is 21.8. The van der Waals surface area contributed by atoms with Crippen LogP contribution < -0.4 is 19.3 Å². The quantitative estimate of drug-likeness (QED) is 0.281. The van der Waals surface area contributed by atoms with Crippen LogP contribution in [0.25, 0.3) is 5.76 Å². The molecule has 8 heteroatoms. The van der Waals surface area contributed by atoms with E-state index in [4.69, 9.17) is 9.47 Å². The third-order valence-corrected chi connectivity index (χ3v) is 7.13. The molecule has 2 heterocycles. The Morgan fingerprint density at radius 3 is 2.45 bits per heavy atom. The van der Waals surface area contributed by atoms with Crippen molar-refractivity contribution in [2.24, 2.45) is 0 Å². The van der Waals surface area contributed by atoms with Crippen molar-refractivity contribution < 1.29 is 29.3 Å². The highest BCUT2D eigenvalue weighted by atomic mass is 16.5. The van der Waals surface area contributed by atoms with Gasteiger partial charge in [-0.25, -0.2) is 0 Å². The third kappa shape index (κ3) is 4.22. The number of aliphatic hydroxyl groups excluding tert-OH is 1. The number of hydrogen-bond donors (Lipinski definition) is 2. The summed E-state index contributed by atoms with van der Waals surface area (Å²) in [5.41, 5.74) is 3.15. The van der Waals surface area contributed by atoms with Crippen molar-refractivity contribution in [2.75, 3.05) is 37.1 Å². The molecule has 2 aliphatic heterocycles. The molecule has 1 amide bonds. The van der Waals surface area contributed by atoms with Crippen molar-refractivity contribution >= 4 is 28.8 Å². The second kappa shape index (κ2) is 9.78. The van der Waals surface area contributed by atoms with Gasteiger partial charge in [-0.1, -0.05) is 32.0 Å². The average Bonchev–Trinajstić information content (AvgIpc) is 3.18. The molecule has 0 saturated carbocycles. The monoisotopic (exact) mass is 514 g/mol. The summed E-state index contributed by atoms with van der Waals surface area (Å²) in [6.07, 6.45) is 0. The van der Waals surface area contributed by atoms with Gasteiger partial charge in [0.15, 0.2) is 11.5 Å². The van der Waals surface area contributed by atoms with Crippen LogP contribution in [0.3, 0.4) is 0 Å². The third-order valence-electron chi connectivity index (χ3n) is 7.13. The minimum absolute atomic E-state index is 0.0631. The molecular weight excluding hydrogens is 484 g/mol. The van der Waals surface area contributed by atoms with E-state index >= 15 is 0 Å². The number of Topliss-reactive ketones (excluding diaryl/α,β-unsaturated/α-hetero) is 1. The van der Waals surface area contributed by atoms with E-state index in [0.29, 0.717) is 41.6 Å². The van der Waals surface area contributed by atoms with Crippen LogP contribution in [0.15, 0.2) is 66.2 Å². The molecule has 0 aromatic heterocycles. The van der Waals surface area contributed by atoms with Gasteiger partial charge < -0.3 is 24.6 Å². The largest absolute Gasteiger partial charge is 0.507 e. The van der Waals surface area contributed by atoms with Gasteiger partial charge in [0.1, 0.15) is 18.1 Å². The SMILES string of the molecule is COc1ccc(C2/C(=C(/O)c3ccc4c(c3)N(C)CCO4)C(=O)C(=O)N2c2ccc(C(C)C)cc2)cc1O. The highest BCUT2D eigenvalue weighted by molar-refractivity contribution is 6.51. The molecule has 1 fully saturated rings. The maximum absolute atomic E-state index is 13.5. The first-order chi connectivity index (χ1) is 18.2. The van der Waals surface area contributed by atoms with E-state index < -0.39 is 17.7 Å². The van der Waals surface area contributed by atoms with Crippen LogP contribution in [0.2, 0.25) is 0 Å². The molecule has 0 spiro atoms. The number of phenolic OH excluding ortho intramolecular Hbond substituents is 1. The zero-order valence-corrected chi connectivity index (χ0v) is 21.8. The maximum atomic E-state index is 13.5. The second-order valence-electron chi connectivity index (χ2n) is 9.80. The van der Waals surface area contributed by atoms with E-state index in [0.717, 1.165) is 11.3 Å². The molecule has 3 aromatic carbocycles. The van der Waals surface area contributed by atoms with Gasteiger partial charge in [0, 0.05) is 18.3 Å². The summed E-state index contributed by atoms with van der Waals surface area (Å²) in [7, 11) is 3.36. The number of anilines is 2. The Hall–Kier alpha value is -4.46. The number of amides is 1. The zero-order chi connectivity index (χ0) is 27.1. The van der Waals surface area contributed by atoms with E-state index in [-0.39, 0.29) is 22.8 Å². The summed E-state index contributed by atoms with van der Waals surface area (Å²) >= 11 is 0. The molecule has 1 unspecified atom stereocenters. The van der Waals surface area contributed by atoms with Crippen molar-refractivity contribution in [1.29, 1.82) is 0 Å². The maximum Gasteiger partial charge on any atom is 0.300 e. The van der Waals surface area contributed by atoms with Gasteiger partial charge in [-0.05, 0) is 59.5 Å². The van der Waals surface area contributed by atoms with E-state index in [9.17, 15) is 19.8 Å². The first-order valence-electron chi connectivity index (χ1n) is 12.5. The smallest absolute Gasteiger partial charge is 0.300 e. The van der Waals surface area contributed by atoms with Crippen LogP contribution in [0.1, 0.15) is 42.5 Å². The number of aliphatic hydroxyl groups is 1. The summed E-state index contributed by atoms with van der Waals surface area (Å²) in [5.74, 6) is -0.784. The Balaban J connectivity index is 1.69. The number of methoxy groups -OCH3 is 1. The Morgan fingerprint density at radius 2 is 1.79 bits per heavy atom. The van der Waals surface area contributed by atoms with Gasteiger partial charge in [-0.3, -0.25) is 14.5 Å². The Bertz CT molecular complexity index is 1440. The molecule has 0 aliphatic carbocycles. The predicted molar refractivity (Wildman–Crippen MR) is 145 cm³/mol. The second-order valence-corrected chi connectivity index (χ2v) is 9.80. The van der Waals surface area contributed by atoms with Crippen molar-refractivity contribution in [3.05, 3.63) is 82.9 Å². The number of carbonyl (C=O) groups is 2. The van der Waals surface area contributed by atoms with Crippen molar-refractivity contribution in [2.45, 2.75) is 25.8 Å². The van der Waals surface area contributed by atoms with Crippen LogP contribution >= 0.6 is 0 Å². The number of aromatic hydroxyl groups is 1. The summed E-state index contributed by atoms with van der Waals surface area (Å²) in [5, 5.41) is 22.0. The fourth-order valence-electron chi connectivity index (χ4n) is 4.96. The molecule has 3 aromatic rings. The number of ether oxygens (including phenoxy) is 2. The van der Waals surface area contributed by atoms with Gasteiger partial charge in [-0.15, -0.1) is 0 Å². The molecular formula is C30H30N2O6. The summed E-state index contributed by atoms with van der Waals surface area (Å²) in [6, 6.07) is 16.3. The summed E-state index contributed by atoms with van der Waals surface area (Å²) < 4.78 is 10.9. The van der Waals surface area contributed by atoms with E-state index in [1.54, 1.807) is 42.5 Å². The Morgan fingerprint density at radius 1 is 1.05 bits per heavy atom. The Kier molecular flexibility index (Phi) is 6.48. The number of carbonyl (C=O) groups excluding carboxylic acids is 2. The average molecular weight is 515 g/mol. The van der Waals surface area contributed by atoms with Crippen LogP contribution in [0.5, 0.6) is 17.2 Å². The fourth-order valence-corrected chi connectivity index (χ4v) is 4.96. The predicted octanol–water partition coefficient (Wildman–Crippen LogP) is 4.98. The van der Waals surface area contributed by atoms with E-state index in [2.05, 4.69) is 13.8 Å². The van der Waals surface area contributed by atoms with Crippen molar-refractivity contribution in [3.63, 3.8) is 0 Å². The molecule has 2 N–H and O–H groups in total. The number of likely N-dealkylation sites (N-methyl/N-ethyl adjacent to an activating group) is 1. The standard InChI is InChI=1S/C30H30N2O6/c1-17(2)18-5-9-21(10-6-18)32-27(19-7-12-25(37-4)23(33)16-19)26(29(35)30(32)36)28(34)20-8-11-24-22(15-20)31(3)13-14-38-24/h5-12,15-17,27,33-34H,13-14H2,1-4H3/b28-26-. The number of nitrogens with zero attached hydrogens (tertiary/aromatic N) is 2. The molecule has 196 valence electrons. The van der Waals surface area contributed by atoms with Gasteiger partial charge in [0.2, 0.25) is 0 Å². The number of benzene rings is 3. The summed E-state index contributed by atoms with van der Waals surface area (Å²) in [6.45, 7) is 5.38. The number of ketones is 1. The van der Waals surface area contributed by atoms with Crippen LogP contribution in [0.4, 0.5) is 11.4 Å². The first kappa shape index (κ1) is 25.2. The number of hydrogen-bond acceptors (Lipinski definition) is 7.